The first kappa shape index (κ1) is 38.1. The fourth-order valence-electron chi connectivity index (χ4n) is 4.66. The number of alkyl halides is 3. The number of alkyl carbamates (subject to hydrolysis) is 1. The normalized spacial score (nSPS) is 12.9. The van der Waals surface area contributed by atoms with Crippen LogP contribution in [-0.2, 0) is 22.1 Å². The Bertz CT molecular complexity index is 1890. The van der Waals surface area contributed by atoms with Gasteiger partial charge in [-0.3, -0.25) is 9.88 Å². The minimum atomic E-state index is -4.52. The van der Waals surface area contributed by atoms with E-state index in [1.165, 1.54) is 30.9 Å². The van der Waals surface area contributed by atoms with E-state index < -0.39 is 46.8 Å². The topological polar surface area (TPSA) is 114 Å². The lowest BCUT2D eigenvalue weighted by molar-refractivity contribution is -0.137. The molecule has 0 aliphatic heterocycles. The van der Waals surface area contributed by atoms with Gasteiger partial charge in [-0.15, -0.1) is 0 Å². The van der Waals surface area contributed by atoms with E-state index in [9.17, 15) is 27.9 Å². The minimum Gasteiger partial charge on any atom is -0.444 e. The second kappa shape index (κ2) is 14.7. The van der Waals surface area contributed by atoms with Crippen LogP contribution in [0.4, 0.5) is 27.9 Å². The number of ether oxygens (including phenoxy) is 2. The van der Waals surface area contributed by atoms with Crippen molar-refractivity contribution >= 4 is 39.4 Å². The Morgan fingerprint density at radius 2 is 1.60 bits per heavy atom. The van der Waals surface area contributed by atoms with Crippen LogP contribution in [0.3, 0.4) is 0 Å². The van der Waals surface area contributed by atoms with E-state index in [4.69, 9.17) is 14.5 Å². The molecule has 4 aromatic rings. The van der Waals surface area contributed by atoms with Crippen LogP contribution in [0.15, 0.2) is 60.9 Å². The standard InChI is InChI=1S/C37H41F3N4O5S/c1-34(2,3)48-32(45)42-28(19-23-9-13-27(14-10-23)37(38,39)40)22-44(33(46)49-35(4,5)6)31-43-29(15-17-36(7,8)47)30(50-31)25-11-12-26-21-41-18-16-24(26)20-25/h9-14,16,18,20-21,28,47H,19,22H2,1-8H3,(H,42,45). The second-order valence-corrected chi connectivity index (χ2v) is 15.2. The third-order valence-electron chi connectivity index (χ3n) is 6.74. The van der Waals surface area contributed by atoms with Crippen LogP contribution in [0, 0.1) is 11.8 Å². The number of nitrogens with zero attached hydrogens (tertiary/aromatic N) is 3. The zero-order chi connectivity index (χ0) is 37.1. The van der Waals surface area contributed by atoms with E-state index in [-0.39, 0.29) is 18.1 Å². The first-order valence-electron chi connectivity index (χ1n) is 15.8. The van der Waals surface area contributed by atoms with Crippen molar-refractivity contribution in [1.82, 2.24) is 15.3 Å². The van der Waals surface area contributed by atoms with Crippen LogP contribution in [0.5, 0.6) is 0 Å². The molecule has 0 spiro atoms. The molecule has 0 fully saturated rings. The Kier molecular flexibility index (Phi) is 11.2. The maximum Gasteiger partial charge on any atom is 0.416 e. The van der Waals surface area contributed by atoms with Gasteiger partial charge in [0.1, 0.15) is 22.5 Å². The zero-order valence-corrected chi connectivity index (χ0v) is 30.0. The molecule has 0 saturated heterocycles. The molecule has 0 bridgehead atoms. The van der Waals surface area contributed by atoms with Crippen molar-refractivity contribution in [2.45, 2.75) is 90.8 Å². The molecule has 2 aromatic heterocycles. The first-order valence-corrected chi connectivity index (χ1v) is 16.6. The number of thiazole rings is 1. The molecule has 9 nitrogen and oxygen atoms in total. The Balaban J connectivity index is 1.82. The summed E-state index contributed by atoms with van der Waals surface area (Å²) >= 11 is 1.16. The Morgan fingerprint density at radius 1 is 0.940 bits per heavy atom. The molecule has 2 N–H and O–H groups in total. The molecule has 4 rings (SSSR count). The van der Waals surface area contributed by atoms with Crippen molar-refractivity contribution in [2.24, 2.45) is 0 Å². The van der Waals surface area contributed by atoms with E-state index in [1.54, 1.807) is 53.9 Å². The van der Waals surface area contributed by atoms with Crippen LogP contribution < -0.4 is 10.2 Å². The third-order valence-corrected chi connectivity index (χ3v) is 7.86. The Hall–Kier alpha value is -4.67. The molecule has 0 aliphatic carbocycles. The van der Waals surface area contributed by atoms with Gasteiger partial charge in [-0.2, -0.15) is 13.2 Å². The summed E-state index contributed by atoms with van der Waals surface area (Å²) in [6, 6.07) is 11.3. The average Bonchev–Trinajstić information content (AvgIpc) is 3.40. The molecule has 2 heterocycles. The van der Waals surface area contributed by atoms with Crippen molar-refractivity contribution in [3.05, 3.63) is 77.7 Å². The minimum absolute atomic E-state index is 0.0407. The number of aromatic nitrogens is 2. The van der Waals surface area contributed by atoms with Gasteiger partial charge in [-0.25, -0.2) is 14.6 Å². The van der Waals surface area contributed by atoms with Crippen LogP contribution >= 0.6 is 11.3 Å². The van der Waals surface area contributed by atoms with E-state index in [2.05, 4.69) is 22.1 Å². The number of aliphatic hydroxyl groups is 1. The molecular formula is C37H41F3N4O5S. The highest BCUT2D eigenvalue weighted by Crippen LogP contribution is 2.37. The van der Waals surface area contributed by atoms with Gasteiger partial charge < -0.3 is 19.9 Å². The molecule has 0 aliphatic rings. The van der Waals surface area contributed by atoms with Gasteiger partial charge in [0.25, 0.3) is 0 Å². The molecule has 2 aromatic carbocycles. The summed E-state index contributed by atoms with van der Waals surface area (Å²) in [5.74, 6) is 5.75. The fraction of sp³-hybridized carbons (Fsp3) is 0.405. The molecule has 266 valence electrons. The number of anilines is 1. The molecule has 13 heteroatoms. The molecule has 50 heavy (non-hydrogen) atoms. The number of carbonyl (C=O) groups is 2. The second-order valence-electron chi connectivity index (χ2n) is 14.3. The lowest BCUT2D eigenvalue weighted by Gasteiger charge is -2.30. The van der Waals surface area contributed by atoms with E-state index in [0.29, 0.717) is 16.1 Å². The zero-order valence-electron chi connectivity index (χ0n) is 29.2. The van der Waals surface area contributed by atoms with Gasteiger partial charge in [0.15, 0.2) is 5.13 Å². The number of rotatable bonds is 7. The summed E-state index contributed by atoms with van der Waals surface area (Å²) in [6.45, 7) is 13.1. The highest BCUT2D eigenvalue weighted by atomic mass is 32.1. The molecule has 0 saturated carbocycles. The van der Waals surface area contributed by atoms with Crippen LogP contribution in [0.25, 0.3) is 21.2 Å². The van der Waals surface area contributed by atoms with Crippen LogP contribution in [0.1, 0.15) is 72.2 Å². The summed E-state index contributed by atoms with van der Waals surface area (Å²) in [6.07, 6.45) is -2.60. The number of pyridine rings is 1. The highest BCUT2D eigenvalue weighted by Gasteiger charge is 2.32. The van der Waals surface area contributed by atoms with Gasteiger partial charge in [0.05, 0.1) is 23.0 Å². The number of halogens is 3. The number of hydrogen-bond acceptors (Lipinski definition) is 8. The van der Waals surface area contributed by atoms with Crippen molar-refractivity contribution < 1.29 is 37.3 Å². The lowest BCUT2D eigenvalue weighted by Crippen LogP contribution is -2.49. The predicted octanol–water partition coefficient (Wildman–Crippen LogP) is 8.38. The van der Waals surface area contributed by atoms with Crippen molar-refractivity contribution in [3.63, 3.8) is 0 Å². The number of carbonyl (C=O) groups excluding carboxylic acids is 2. The van der Waals surface area contributed by atoms with Gasteiger partial charge in [-0.1, -0.05) is 41.5 Å². The van der Waals surface area contributed by atoms with Gasteiger partial charge in [0, 0.05) is 17.8 Å². The monoisotopic (exact) mass is 710 g/mol. The van der Waals surface area contributed by atoms with Crippen LogP contribution in [0.2, 0.25) is 0 Å². The first-order chi connectivity index (χ1) is 23.1. The number of amides is 2. The lowest BCUT2D eigenvalue weighted by atomic mass is 10.0. The smallest absolute Gasteiger partial charge is 0.416 e. The number of benzene rings is 2. The summed E-state index contributed by atoms with van der Waals surface area (Å²) < 4.78 is 51.1. The molecule has 1 unspecified atom stereocenters. The molecule has 1 atom stereocenters. The summed E-state index contributed by atoms with van der Waals surface area (Å²) in [7, 11) is 0. The molecule has 2 amide bonds. The number of fused-ring (bicyclic) bond motifs is 1. The van der Waals surface area contributed by atoms with Crippen LogP contribution in [-0.4, -0.2) is 56.7 Å². The number of nitrogens with one attached hydrogen (secondary N) is 1. The Labute approximate surface area is 293 Å². The maximum atomic E-state index is 13.9. The largest absolute Gasteiger partial charge is 0.444 e. The summed E-state index contributed by atoms with van der Waals surface area (Å²) in [4.78, 5) is 37.7. The maximum absolute atomic E-state index is 13.9. The Morgan fingerprint density at radius 3 is 2.20 bits per heavy atom. The van der Waals surface area contributed by atoms with Gasteiger partial charge in [-0.05, 0) is 109 Å². The fourth-order valence-corrected chi connectivity index (χ4v) is 5.68. The molecule has 0 radical (unpaired) electrons. The van der Waals surface area contributed by atoms with E-state index >= 15 is 0 Å². The summed E-state index contributed by atoms with van der Waals surface area (Å²) in [5.41, 5.74) is -2.38. The quantitative estimate of drug-likeness (QED) is 0.185. The van der Waals surface area contributed by atoms with E-state index in [0.717, 1.165) is 39.8 Å². The van der Waals surface area contributed by atoms with Crippen molar-refractivity contribution in [3.8, 4) is 22.3 Å². The predicted molar refractivity (Wildman–Crippen MR) is 188 cm³/mol. The van der Waals surface area contributed by atoms with E-state index in [1.807, 2.05) is 24.3 Å². The van der Waals surface area contributed by atoms with Gasteiger partial charge >= 0.3 is 18.4 Å². The molecular weight excluding hydrogens is 669 g/mol. The van der Waals surface area contributed by atoms with Crippen molar-refractivity contribution in [1.29, 1.82) is 0 Å². The third kappa shape index (κ3) is 11.2. The highest BCUT2D eigenvalue weighted by molar-refractivity contribution is 7.19. The van der Waals surface area contributed by atoms with Crippen molar-refractivity contribution in [2.75, 3.05) is 11.4 Å². The SMILES string of the molecule is CC(C)(O)C#Cc1nc(N(CC(Cc2ccc(C(F)(F)F)cc2)NC(=O)OC(C)(C)C)C(=O)OC(C)(C)C)sc1-c1ccc2cnccc2c1. The number of hydrogen-bond donors (Lipinski definition) is 2. The average molecular weight is 711 g/mol. The van der Waals surface area contributed by atoms with Gasteiger partial charge in [0.2, 0.25) is 0 Å². The summed E-state index contributed by atoms with van der Waals surface area (Å²) in [5, 5.41) is 15.2.